The Kier molecular flexibility index (Phi) is 19.5. The Hall–Kier alpha value is -5.40. The summed E-state index contributed by atoms with van der Waals surface area (Å²) in [6.45, 7) is 20.6. The van der Waals surface area contributed by atoms with Gasteiger partial charge in [-0.1, -0.05) is 207 Å². The third-order valence-corrected chi connectivity index (χ3v) is 7.56. The van der Waals surface area contributed by atoms with Gasteiger partial charge in [0.25, 0.3) is 0 Å². The molecule has 7 aromatic carbocycles. The summed E-state index contributed by atoms with van der Waals surface area (Å²) < 4.78 is 5.69. The van der Waals surface area contributed by atoms with Crippen LogP contribution in [0, 0.1) is 41.5 Å². The van der Waals surface area contributed by atoms with Crippen molar-refractivity contribution in [1.82, 2.24) is 0 Å². The van der Waals surface area contributed by atoms with E-state index in [9.17, 15) is 0 Å². The first-order valence-corrected chi connectivity index (χ1v) is 18.2. The van der Waals surface area contributed by atoms with Crippen LogP contribution < -0.4 is 4.74 Å². The van der Waals surface area contributed by atoms with Crippen LogP contribution in [0.1, 0.15) is 61.1 Å². The van der Waals surface area contributed by atoms with Crippen molar-refractivity contribution < 1.29 is 4.74 Å². The van der Waals surface area contributed by atoms with Crippen LogP contribution in [0.4, 0.5) is 0 Å². The van der Waals surface area contributed by atoms with Gasteiger partial charge in [0.2, 0.25) is 0 Å². The van der Waals surface area contributed by atoms with Gasteiger partial charge in [0.15, 0.2) is 0 Å². The number of benzene rings is 7. The van der Waals surface area contributed by atoms with E-state index >= 15 is 0 Å². The summed E-state index contributed by atoms with van der Waals surface area (Å²) in [6.07, 6.45) is 0. The monoisotopic (exact) mass is 674 g/mol. The van der Waals surface area contributed by atoms with Gasteiger partial charge in [0, 0.05) is 0 Å². The van der Waals surface area contributed by atoms with Gasteiger partial charge in [-0.3, -0.25) is 0 Å². The SMILES string of the molecule is CC.CC.Cc1ccc(-c2ccc(C)cc2)cc1.Cc1ccc(Oc2ccc(C)cc2)cc1.Cc1ccc2ccccc2c1.Cc1ccccc1. The highest BCUT2D eigenvalue weighted by Gasteiger charge is 1.97. The van der Waals surface area contributed by atoms with Crippen molar-refractivity contribution in [3.8, 4) is 22.6 Å². The summed E-state index contributed by atoms with van der Waals surface area (Å²) in [5.41, 5.74) is 10.3. The summed E-state index contributed by atoms with van der Waals surface area (Å²) in [5, 5.41) is 2.64. The lowest BCUT2D eigenvalue weighted by molar-refractivity contribution is 0.482. The Labute approximate surface area is 309 Å². The smallest absolute Gasteiger partial charge is 0.127 e. The molecule has 0 heterocycles. The third-order valence-electron chi connectivity index (χ3n) is 7.56. The molecule has 0 atom stereocenters. The maximum atomic E-state index is 5.69. The van der Waals surface area contributed by atoms with Crippen LogP contribution in [-0.2, 0) is 0 Å². The van der Waals surface area contributed by atoms with E-state index in [4.69, 9.17) is 4.74 Å². The molecule has 0 radical (unpaired) electrons. The molecule has 51 heavy (non-hydrogen) atoms. The number of ether oxygens (including phenoxy) is 1. The fourth-order valence-corrected chi connectivity index (χ4v) is 4.68. The number of aryl methyl sites for hydroxylation is 6. The molecule has 7 aromatic rings. The van der Waals surface area contributed by atoms with Gasteiger partial charge < -0.3 is 4.74 Å². The molecule has 0 aromatic heterocycles. The van der Waals surface area contributed by atoms with Gasteiger partial charge in [0.05, 0.1) is 0 Å². The maximum Gasteiger partial charge on any atom is 0.127 e. The summed E-state index contributed by atoms with van der Waals surface area (Å²) in [6, 6.07) is 58.5. The van der Waals surface area contributed by atoms with Crippen LogP contribution in [0.25, 0.3) is 21.9 Å². The minimum atomic E-state index is 0.879. The van der Waals surface area contributed by atoms with Crippen LogP contribution in [-0.4, -0.2) is 0 Å². The van der Waals surface area contributed by atoms with Crippen molar-refractivity contribution in [2.75, 3.05) is 0 Å². The zero-order chi connectivity index (χ0) is 37.4. The van der Waals surface area contributed by atoms with E-state index < -0.39 is 0 Å². The molecule has 0 spiro atoms. The molecule has 0 unspecified atom stereocenters. The lowest BCUT2D eigenvalue weighted by Gasteiger charge is -2.05. The van der Waals surface area contributed by atoms with E-state index in [-0.39, 0.29) is 0 Å². The van der Waals surface area contributed by atoms with Crippen molar-refractivity contribution in [3.63, 3.8) is 0 Å². The number of hydrogen-bond acceptors (Lipinski definition) is 1. The molecule has 0 N–H and O–H groups in total. The Morgan fingerprint density at radius 2 is 0.588 bits per heavy atom. The van der Waals surface area contributed by atoms with Crippen molar-refractivity contribution >= 4 is 10.8 Å². The minimum absolute atomic E-state index is 0.879. The molecule has 264 valence electrons. The number of hydrogen-bond donors (Lipinski definition) is 0. The molecular formula is C50H58O. The average molecular weight is 675 g/mol. The van der Waals surface area contributed by atoms with E-state index in [1.165, 1.54) is 55.3 Å². The van der Waals surface area contributed by atoms with Gasteiger partial charge in [-0.2, -0.15) is 0 Å². The molecule has 0 aliphatic rings. The van der Waals surface area contributed by atoms with Crippen molar-refractivity contribution in [1.29, 1.82) is 0 Å². The second-order valence-corrected chi connectivity index (χ2v) is 12.0. The standard InChI is InChI=1S/C14H14O.C14H14.C11H10.C7H8.2C2H6/c1-11-3-7-13(8-4-11)15-14-9-5-12(2)6-10-14;1-11-3-7-13(8-4-11)14-9-5-12(2)6-10-14;1-9-6-7-10-4-2-3-5-11(10)8-9;1-7-5-3-2-4-6-7;2*1-2/h3-10H,1-2H3;3-10H,1-2H3;2-8H,1H3;2-6H,1H3;2*1-2H3. The summed E-state index contributed by atoms with van der Waals surface area (Å²) in [4.78, 5) is 0. The molecule has 0 saturated carbocycles. The van der Waals surface area contributed by atoms with Crippen molar-refractivity contribution in [3.05, 3.63) is 203 Å². The first-order valence-electron chi connectivity index (χ1n) is 18.2. The van der Waals surface area contributed by atoms with Crippen LogP contribution >= 0.6 is 0 Å². The summed E-state index contributed by atoms with van der Waals surface area (Å²) >= 11 is 0. The zero-order valence-electron chi connectivity index (χ0n) is 32.6. The van der Waals surface area contributed by atoms with Crippen LogP contribution in [0.2, 0.25) is 0 Å². The maximum absolute atomic E-state index is 5.69. The van der Waals surface area contributed by atoms with E-state index in [1.807, 2.05) is 94.4 Å². The average Bonchev–Trinajstić information content (AvgIpc) is 3.17. The molecule has 1 nitrogen and oxygen atoms in total. The van der Waals surface area contributed by atoms with E-state index in [2.05, 4.69) is 145 Å². The molecule has 1 heteroatoms. The van der Waals surface area contributed by atoms with Gasteiger partial charge in [0.1, 0.15) is 11.5 Å². The van der Waals surface area contributed by atoms with Crippen molar-refractivity contribution in [2.24, 2.45) is 0 Å². The Balaban J connectivity index is 0.000000234. The molecule has 0 amide bonds. The Morgan fingerprint density at radius 3 is 0.961 bits per heavy atom. The lowest BCUT2D eigenvalue weighted by Crippen LogP contribution is -1.84. The predicted octanol–water partition coefficient (Wildman–Crippen LogP) is 15.3. The van der Waals surface area contributed by atoms with Gasteiger partial charge in [-0.25, -0.2) is 0 Å². The zero-order valence-corrected chi connectivity index (χ0v) is 32.6. The first-order chi connectivity index (χ1) is 24.7. The molecule has 7 rings (SSSR count). The van der Waals surface area contributed by atoms with Crippen LogP contribution in [0.3, 0.4) is 0 Å². The molecule has 0 aliphatic heterocycles. The molecular weight excluding hydrogens is 617 g/mol. The van der Waals surface area contributed by atoms with Gasteiger partial charge in [-0.05, 0) is 87.7 Å². The van der Waals surface area contributed by atoms with E-state index in [0.717, 1.165) is 11.5 Å². The van der Waals surface area contributed by atoms with E-state index in [1.54, 1.807) is 0 Å². The highest BCUT2D eigenvalue weighted by atomic mass is 16.5. The fourth-order valence-electron chi connectivity index (χ4n) is 4.68. The first kappa shape index (κ1) is 41.8. The van der Waals surface area contributed by atoms with Crippen LogP contribution in [0.15, 0.2) is 170 Å². The second-order valence-electron chi connectivity index (χ2n) is 12.0. The highest BCUT2D eigenvalue weighted by molar-refractivity contribution is 5.82. The predicted molar refractivity (Wildman–Crippen MR) is 226 cm³/mol. The second kappa shape index (κ2) is 23.9. The van der Waals surface area contributed by atoms with Gasteiger partial charge in [-0.15, -0.1) is 0 Å². The molecule has 0 aliphatic carbocycles. The topological polar surface area (TPSA) is 9.23 Å². The molecule has 0 bridgehead atoms. The largest absolute Gasteiger partial charge is 0.457 e. The Bertz CT molecular complexity index is 1810. The minimum Gasteiger partial charge on any atom is -0.457 e. The van der Waals surface area contributed by atoms with Crippen molar-refractivity contribution in [2.45, 2.75) is 69.2 Å². The summed E-state index contributed by atoms with van der Waals surface area (Å²) in [5.74, 6) is 1.76. The third kappa shape index (κ3) is 16.2. The number of fused-ring (bicyclic) bond motifs is 1. The fraction of sp³-hybridized carbons (Fsp3) is 0.200. The van der Waals surface area contributed by atoms with E-state index in [0.29, 0.717) is 0 Å². The lowest BCUT2D eigenvalue weighted by atomic mass is 10.0. The number of rotatable bonds is 3. The van der Waals surface area contributed by atoms with Gasteiger partial charge >= 0.3 is 0 Å². The summed E-state index contributed by atoms with van der Waals surface area (Å²) in [7, 11) is 0. The Morgan fingerprint density at radius 1 is 0.275 bits per heavy atom. The quantitative estimate of drug-likeness (QED) is 0.181. The van der Waals surface area contributed by atoms with Crippen LogP contribution in [0.5, 0.6) is 11.5 Å². The molecule has 0 saturated heterocycles. The normalized spacial score (nSPS) is 9.37. The molecule has 0 fully saturated rings. The highest BCUT2D eigenvalue weighted by Crippen LogP contribution is 2.22.